The Morgan fingerprint density at radius 1 is 1.25 bits per heavy atom. The van der Waals surface area contributed by atoms with Crippen molar-refractivity contribution in [1.82, 2.24) is 4.98 Å². The van der Waals surface area contributed by atoms with E-state index in [4.69, 9.17) is 4.42 Å². The maximum Gasteiger partial charge on any atom is 0.257 e. The Kier molecular flexibility index (Phi) is 3.81. The van der Waals surface area contributed by atoms with Crippen molar-refractivity contribution in [3.05, 3.63) is 54.1 Å². The molecule has 1 amide bonds. The van der Waals surface area contributed by atoms with Gasteiger partial charge in [-0.15, -0.1) is 0 Å². The van der Waals surface area contributed by atoms with Crippen LogP contribution in [0, 0.1) is 0 Å². The van der Waals surface area contributed by atoms with Gasteiger partial charge in [0.25, 0.3) is 5.22 Å². The van der Waals surface area contributed by atoms with E-state index in [2.05, 4.69) is 18.0 Å². The zero-order valence-corrected chi connectivity index (χ0v) is 14.4. The fraction of sp³-hybridized carbons (Fsp3) is 0.263. The molecule has 0 unspecified atom stereocenters. The van der Waals surface area contributed by atoms with Crippen LogP contribution in [0.3, 0.4) is 0 Å². The quantitative estimate of drug-likeness (QED) is 0.669. The fourth-order valence-electron chi connectivity index (χ4n) is 3.20. The summed E-state index contributed by atoms with van der Waals surface area (Å²) in [6.45, 7) is 4.00. The van der Waals surface area contributed by atoms with Gasteiger partial charge < -0.3 is 9.32 Å². The van der Waals surface area contributed by atoms with Crippen LogP contribution in [0.15, 0.2) is 58.2 Å². The monoisotopic (exact) mass is 338 g/mol. The summed E-state index contributed by atoms with van der Waals surface area (Å²) in [7, 11) is 0. The highest BCUT2D eigenvalue weighted by atomic mass is 32.2. The lowest BCUT2D eigenvalue weighted by atomic mass is 10.1. The Bertz CT molecular complexity index is 872. The van der Waals surface area contributed by atoms with Crippen molar-refractivity contribution in [2.75, 3.05) is 4.90 Å². The molecular weight excluding hydrogens is 320 g/mol. The van der Waals surface area contributed by atoms with Gasteiger partial charge in [0.1, 0.15) is 5.52 Å². The average Bonchev–Trinajstić information content (AvgIpc) is 3.13. The summed E-state index contributed by atoms with van der Waals surface area (Å²) in [5.41, 5.74) is 3.83. The van der Waals surface area contributed by atoms with Crippen LogP contribution >= 0.6 is 11.8 Å². The number of para-hydroxylation sites is 3. The van der Waals surface area contributed by atoms with Crippen molar-refractivity contribution < 1.29 is 9.21 Å². The summed E-state index contributed by atoms with van der Waals surface area (Å²) in [6.07, 6.45) is 0.905. The number of hydrogen-bond acceptors (Lipinski definition) is 4. The number of carbonyl (C=O) groups is 1. The molecule has 2 heterocycles. The topological polar surface area (TPSA) is 46.3 Å². The van der Waals surface area contributed by atoms with E-state index in [0.717, 1.165) is 23.2 Å². The second kappa shape index (κ2) is 5.98. The van der Waals surface area contributed by atoms with Crippen molar-refractivity contribution in [1.29, 1.82) is 0 Å². The molecule has 122 valence electrons. The minimum absolute atomic E-state index is 0.0970. The van der Waals surface area contributed by atoms with Gasteiger partial charge in [-0.2, -0.15) is 0 Å². The third-order valence-corrected chi connectivity index (χ3v) is 5.28. The lowest BCUT2D eigenvalue weighted by molar-refractivity contribution is -0.118. The standard InChI is InChI=1S/C19H18N2O2S/c1-12-11-14-7-3-5-9-16(14)21(12)18(22)13(2)24-19-20-15-8-4-6-10-17(15)23-19/h3-10,12-13H,11H2,1-2H3/t12-,13+/m0/s1. The first-order chi connectivity index (χ1) is 11.6. The van der Waals surface area contributed by atoms with E-state index >= 15 is 0 Å². The van der Waals surface area contributed by atoms with Crippen LogP contribution in [-0.4, -0.2) is 22.2 Å². The van der Waals surface area contributed by atoms with Crippen LogP contribution in [-0.2, 0) is 11.2 Å². The van der Waals surface area contributed by atoms with E-state index in [1.165, 1.54) is 17.3 Å². The van der Waals surface area contributed by atoms with Crippen LogP contribution in [0.4, 0.5) is 5.69 Å². The molecule has 0 N–H and O–H groups in total. The van der Waals surface area contributed by atoms with Gasteiger partial charge in [0.15, 0.2) is 5.58 Å². The number of anilines is 1. The first kappa shape index (κ1) is 15.3. The highest BCUT2D eigenvalue weighted by Gasteiger charge is 2.33. The van der Waals surface area contributed by atoms with Crippen molar-refractivity contribution in [2.45, 2.75) is 36.8 Å². The SMILES string of the molecule is C[C@@H](Sc1nc2ccccc2o1)C(=O)N1c2ccccc2C[C@@H]1C. The Hall–Kier alpha value is -2.27. The van der Waals surface area contributed by atoms with E-state index in [-0.39, 0.29) is 17.2 Å². The number of amides is 1. The van der Waals surface area contributed by atoms with Gasteiger partial charge in [-0.1, -0.05) is 42.1 Å². The first-order valence-electron chi connectivity index (χ1n) is 8.06. The molecular formula is C19H18N2O2S. The zero-order valence-electron chi connectivity index (χ0n) is 13.6. The number of benzene rings is 2. The highest BCUT2D eigenvalue weighted by Crippen LogP contribution is 2.35. The Labute approximate surface area is 144 Å². The van der Waals surface area contributed by atoms with Gasteiger partial charge in [-0.25, -0.2) is 4.98 Å². The maximum absolute atomic E-state index is 13.0. The normalized spacial score (nSPS) is 17.9. The molecule has 1 aliphatic heterocycles. The molecule has 0 bridgehead atoms. The fourth-order valence-corrected chi connectivity index (χ4v) is 4.01. The zero-order chi connectivity index (χ0) is 16.7. The largest absolute Gasteiger partial charge is 0.431 e. The van der Waals surface area contributed by atoms with Gasteiger partial charge in [-0.05, 0) is 44.0 Å². The van der Waals surface area contributed by atoms with Gasteiger partial charge in [0, 0.05) is 11.7 Å². The Morgan fingerprint density at radius 3 is 2.83 bits per heavy atom. The van der Waals surface area contributed by atoms with Crippen LogP contribution in [0.5, 0.6) is 0 Å². The molecule has 0 radical (unpaired) electrons. The molecule has 0 saturated heterocycles. The molecule has 4 nitrogen and oxygen atoms in total. The molecule has 2 aromatic carbocycles. The maximum atomic E-state index is 13.0. The summed E-state index contributed by atoms with van der Waals surface area (Å²) in [5.74, 6) is 0.0970. The minimum atomic E-state index is -0.258. The lowest BCUT2D eigenvalue weighted by Crippen LogP contribution is -2.40. The van der Waals surface area contributed by atoms with Gasteiger partial charge in [0.2, 0.25) is 5.91 Å². The number of nitrogens with zero attached hydrogens (tertiary/aromatic N) is 2. The minimum Gasteiger partial charge on any atom is -0.431 e. The molecule has 4 rings (SSSR count). The molecule has 0 aliphatic carbocycles. The van der Waals surface area contributed by atoms with Gasteiger partial charge >= 0.3 is 0 Å². The van der Waals surface area contributed by atoms with Crippen LogP contribution < -0.4 is 4.90 Å². The number of rotatable bonds is 3. The molecule has 0 fully saturated rings. The third-order valence-electron chi connectivity index (χ3n) is 4.34. The van der Waals surface area contributed by atoms with Crippen LogP contribution in [0.1, 0.15) is 19.4 Å². The van der Waals surface area contributed by atoms with Gasteiger partial charge in [0.05, 0.1) is 5.25 Å². The third kappa shape index (κ3) is 2.59. The second-order valence-electron chi connectivity index (χ2n) is 6.10. The smallest absolute Gasteiger partial charge is 0.257 e. The van der Waals surface area contributed by atoms with Crippen molar-refractivity contribution >= 4 is 34.5 Å². The number of fused-ring (bicyclic) bond motifs is 2. The highest BCUT2D eigenvalue weighted by molar-refractivity contribution is 8.00. The summed E-state index contributed by atoms with van der Waals surface area (Å²) in [6, 6.07) is 15.9. The Morgan fingerprint density at radius 2 is 2.00 bits per heavy atom. The van der Waals surface area contributed by atoms with Crippen molar-refractivity contribution in [3.8, 4) is 0 Å². The molecule has 0 saturated carbocycles. The van der Waals surface area contributed by atoms with E-state index in [1.807, 2.05) is 54.3 Å². The van der Waals surface area contributed by atoms with Crippen molar-refractivity contribution in [3.63, 3.8) is 0 Å². The molecule has 24 heavy (non-hydrogen) atoms. The average molecular weight is 338 g/mol. The predicted molar refractivity (Wildman–Crippen MR) is 96.4 cm³/mol. The summed E-state index contributed by atoms with van der Waals surface area (Å²) < 4.78 is 5.73. The molecule has 1 aliphatic rings. The van der Waals surface area contributed by atoms with E-state index in [0.29, 0.717) is 5.22 Å². The second-order valence-corrected chi connectivity index (χ2v) is 7.39. The van der Waals surface area contributed by atoms with E-state index < -0.39 is 0 Å². The molecule has 0 spiro atoms. The van der Waals surface area contributed by atoms with Crippen LogP contribution in [0.2, 0.25) is 0 Å². The molecule has 5 heteroatoms. The number of hydrogen-bond donors (Lipinski definition) is 0. The van der Waals surface area contributed by atoms with Crippen molar-refractivity contribution in [2.24, 2.45) is 0 Å². The first-order valence-corrected chi connectivity index (χ1v) is 8.94. The van der Waals surface area contributed by atoms with Crippen LogP contribution in [0.25, 0.3) is 11.1 Å². The lowest BCUT2D eigenvalue weighted by Gasteiger charge is -2.25. The Balaban J connectivity index is 1.56. The number of aromatic nitrogens is 1. The molecule has 2 atom stereocenters. The van der Waals surface area contributed by atoms with E-state index in [1.54, 1.807) is 0 Å². The summed E-state index contributed by atoms with van der Waals surface area (Å²) in [4.78, 5) is 19.3. The number of carbonyl (C=O) groups excluding carboxylic acids is 1. The molecule has 1 aromatic heterocycles. The number of thioether (sulfide) groups is 1. The summed E-state index contributed by atoms with van der Waals surface area (Å²) >= 11 is 1.37. The molecule has 3 aromatic rings. The van der Waals surface area contributed by atoms with Gasteiger partial charge in [-0.3, -0.25) is 4.79 Å². The summed E-state index contributed by atoms with van der Waals surface area (Å²) in [5, 5.41) is 0.281. The predicted octanol–water partition coefficient (Wildman–Crippen LogP) is 4.29. The number of oxazole rings is 1. The van der Waals surface area contributed by atoms with E-state index in [9.17, 15) is 4.79 Å².